The summed E-state index contributed by atoms with van der Waals surface area (Å²) in [6, 6.07) is 5.43. The fourth-order valence-electron chi connectivity index (χ4n) is 3.83. The van der Waals surface area contributed by atoms with Crippen LogP contribution in [0, 0.1) is 5.41 Å². The number of carbonyl (C=O) groups excluding carboxylic acids is 2. The number of benzene rings is 1. The number of nitrogens with zero attached hydrogens (tertiary/aromatic N) is 1. The number of fused-ring (bicyclic) bond motifs is 1. The van der Waals surface area contributed by atoms with Crippen molar-refractivity contribution in [2.24, 2.45) is 5.41 Å². The van der Waals surface area contributed by atoms with Crippen molar-refractivity contribution >= 4 is 11.8 Å². The summed E-state index contributed by atoms with van der Waals surface area (Å²) >= 11 is 0. The van der Waals surface area contributed by atoms with Gasteiger partial charge >= 0.3 is 0 Å². The van der Waals surface area contributed by atoms with Gasteiger partial charge in [-0.25, -0.2) is 5.48 Å². The van der Waals surface area contributed by atoms with Crippen molar-refractivity contribution in [1.29, 1.82) is 0 Å². The van der Waals surface area contributed by atoms with Gasteiger partial charge in [0.05, 0.1) is 5.41 Å². The summed E-state index contributed by atoms with van der Waals surface area (Å²) in [5.41, 5.74) is 5.06. The van der Waals surface area contributed by atoms with Crippen LogP contribution < -0.4 is 5.48 Å². The molecule has 5 nitrogen and oxygen atoms in total. The van der Waals surface area contributed by atoms with Gasteiger partial charge in [0, 0.05) is 18.7 Å². The number of carbonyl (C=O) groups is 2. The highest BCUT2D eigenvalue weighted by Gasteiger charge is 2.47. The van der Waals surface area contributed by atoms with Gasteiger partial charge in [-0.2, -0.15) is 0 Å². The van der Waals surface area contributed by atoms with Crippen LogP contribution >= 0.6 is 0 Å². The molecule has 0 saturated carbocycles. The normalized spacial score (nSPS) is 23.0. The van der Waals surface area contributed by atoms with Crippen LogP contribution in [0.5, 0.6) is 0 Å². The summed E-state index contributed by atoms with van der Waals surface area (Å²) in [7, 11) is 0. The van der Waals surface area contributed by atoms with Crippen molar-refractivity contribution in [3.05, 3.63) is 47.0 Å². The Balaban J connectivity index is 1.82. The number of hydroxylamine groups is 1. The average Bonchev–Trinajstić information content (AvgIpc) is 2.82. The molecule has 1 spiro atoms. The lowest BCUT2D eigenvalue weighted by molar-refractivity contribution is -0.136. The van der Waals surface area contributed by atoms with E-state index in [1.807, 2.05) is 24.0 Å². The Morgan fingerprint density at radius 2 is 2.17 bits per heavy atom. The van der Waals surface area contributed by atoms with E-state index in [2.05, 4.69) is 6.58 Å². The SMILES string of the molecule is C=C(C)CN1CC[C@]2(CCc3cc(C(=O)NO)ccc3C2)C1=O. The summed E-state index contributed by atoms with van der Waals surface area (Å²) in [5.74, 6) is -0.263. The molecule has 23 heavy (non-hydrogen) atoms. The molecule has 1 heterocycles. The van der Waals surface area contributed by atoms with Crippen molar-refractivity contribution < 1.29 is 14.8 Å². The monoisotopic (exact) mass is 314 g/mol. The first kappa shape index (κ1) is 15.7. The lowest BCUT2D eigenvalue weighted by Gasteiger charge is -2.33. The van der Waals surface area contributed by atoms with Crippen molar-refractivity contribution in [2.75, 3.05) is 13.1 Å². The Morgan fingerprint density at radius 1 is 1.39 bits per heavy atom. The molecule has 0 aromatic heterocycles. The first-order valence-corrected chi connectivity index (χ1v) is 7.95. The molecule has 1 atom stereocenters. The Bertz CT molecular complexity index is 683. The van der Waals surface area contributed by atoms with E-state index in [4.69, 9.17) is 5.21 Å². The molecule has 122 valence electrons. The summed E-state index contributed by atoms with van der Waals surface area (Å²) in [5, 5.41) is 8.74. The standard InChI is InChI=1S/C18H22N2O3/c1-12(2)11-20-8-7-18(17(20)22)6-5-13-9-14(16(21)19-23)3-4-15(13)10-18/h3-4,9,23H,1,5-8,10-11H2,2H3,(H,19,21)/t18-/m0/s1. The van der Waals surface area contributed by atoms with Crippen LogP contribution in [0.25, 0.3) is 0 Å². The van der Waals surface area contributed by atoms with Gasteiger partial charge in [0.2, 0.25) is 5.91 Å². The fourth-order valence-corrected chi connectivity index (χ4v) is 3.83. The molecule has 2 amide bonds. The Hall–Kier alpha value is -2.14. The van der Waals surface area contributed by atoms with Crippen molar-refractivity contribution in [1.82, 2.24) is 10.4 Å². The average molecular weight is 314 g/mol. The predicted molar refractivity (Wildman–Crippen MR) is 86.2 cm³/mol. The van der Waals surface area contributed by atoms with Crippen LogP contribution in [0.4, 0.5) is 0 Å². The number of aryl methyl sites for hydroxylation is 1. The van der Waals surface area contributed by atoms with Gasteiger partial charge in [-0.05, 0) is 55.9 Å². The third-order valence-electron chi connectivity index (χ3n) is 5.03. The van der Waals surface area contributed by atoms with Crippen LogP contribution in [-0.4, -0.2) is 35.0 Å². The molecule has 1 aliphatic carbocycles. The van der Waals surface area contributed by atoms with Crippen LogP contribution in [0.3, 0.4) is 0 Å². The molecule has 2 aliphatic rings. The topological polar surface area (TPSA) is 69.6 Å². The van der Waals surface area contributed by atoms with Crippen molar-refractivity contribution in [2.45, 2.75) is 32.6 Å². The maximum Gasteiger partial charge on any atom is 0.274 e. The highest BCUT2D eigenvalue weighted by Crippen LogP contribution is 2.44. The van der Waals surface area contributed by atoms with Gasteiger partial charge in [0.1, 0.15) is 0 Å². The van der Waals surface area contributed by atoms with E-state index in [9.17, 15) is 9.59 Å². The summed E-state index contributed by atoms with van der Waals surface area (Å²) in [6.45, 7) is 7.29. The lowest BCUT2D eigenvalue weighted by atomic mass is 9.70. The van der Waals surface area contributed by atoms with Crippen molar-refractivity contribution in [3.63, 3.8) is 0 Å². The number of rotatable bonds is 3. The van der Waals surface area contributed by atoms with E-state index in [0.29, 0.717) is 12.1 Å². The number of amides is 2. The van der Waals surface area contributed by atoms with E-state index in [1.54, 1.807) is 11.5 Å². The quantitative estimate of drug-likeness (QED) is 0.510. The Kier molecular flexibility index (Phi) is 3.98. The first-order chi connectivity index (χ1) is 10.9. The van der Waals surface area contributed by atoms with E-state index in [0.717, 1.165) is 48.9 Å². The number of hydrogen-bond acceptors (Lipinski definition) is 3. The number of likely N-dealkylation sites (tertiary alicyclic amines) is 1. The molecule has 1 aromatic carbocycles. The number of nitrogens with one attached hydrogen (secondary N) is 1. The third-order valence-corrected chi connectivity index (χ3v) is 5.03. The maximum absolute atomic E-state index is 12.8. The molecule has 0 unspecified atom stereocenters. The second kappa shape index (κ2) is 5.81. The first-order valence-electron chi connectivity index (χ1n) is 7.95. The van der Waals surface area contributed by atoms with E-state index < -0.39 is 5.91 Å². The highest BCUT2D eigenvalue weighted by atomic mass is 16.5. The van der Waals surface area contributed by atoms with E-state index >= 15 is 0 Å². The molecular formula is C18H22N2O3. The van der Waals surface area contributed by atoms with Crippen LogP contribution in [0.15, 0.2) is 30.4 Å². The van der Waals surface area contributed by atoms with Gasteiger partial charge in [-0.15, -0.1) is 0 Å². The molecule has 1 aromatic rings. The van der Waals surface area contributed by atoms with Crippen LogP contribution in [0.2, 0.25) is 0 Å². The molecule has 0 bridgehead atoms. The zero-order valence-corrected chi connectivity index (χ0v) is 13.4. The Morgan fingerprint density at radius 3 is 2.87 bits per heavy atom. The second-order valence-corrected chi connectivity index (χ2v) is 6.82. The summed E-state index contributed by atoms with van der Waals surface area (Å²) in [6.07, 6.45) is 3.22. The molecule has 1 aliphatic heterocycles. The maximum atomic E-state index is 12.8. The highest BCUT2D eigenvalue weighted by molar-refractivity contribution is 5.93. The largest absolute Gasteiger partial charge is 0.338 e. The minimum absolute atomic E-state index is 0.239. The van der Waals surface area contributed by atoms with Crippen LogP contribution in [0.1, 0.15) is 41.3 Å². The molecule has 0 radical (unpaired) electrons. The lowest BCUT2D eigenvalue weighted by Crippen LogP contribution is -2.39. The summed E-state index contributed by atoms with van der Waals surface area (Å²) < 4.78 is 0. The molecule has 3 rings (SSSR count). The van der Waals surface area contributed by atoms with Gasteiger partial charge in [0.15, 0.2) is 0 Å². The number of hydrogen-bond donors (Lipinski definition) is 2. The molecule has 5 heteroatoms. The zero-order chi connectivity index (χ0) is 16.6. The van der Waals surface area contributed by atoms with Crippen LogP contribution in [-0.2, 0) is 17.6 Å². The summed E-state index contributed by atoms with van der Waals surface area (Å²) in [4.78, 5) is 26.3. The molecule has 1 saturated heterocycles. The van der Waals surface area contributed by atoms with Gasteiger partial charge in [0.25, 0.3) is 5.91 Å². The minimum Gasteiger partial charge on any atom is -0.338 e. The smallest absolute Gasteiger partial charge is 0.274 e. The third kappa shape index (κ3) is 2.77. The molecule has 2 N–H and O–H groups in total. The van der Waals surface area contributed by atoms with Gasteiger partial charge in [-0.1, -0.05) is 18.2 Å². The molecular weight excluding hydrogens is 292 g/mol. The predicted octanol–water partition coefficient (Wildman–Crippen LogP) is 2.09. The van der Waals surface area contributed by atoms with E-state index in [1.165, 1.54) is 0 Å². The minimum atomic E-state index is -0.502. The second-order valence-electron chi connectivity index (χ2n) is 6.82. The fraction of sp³-hybridized carbons (Fsp3) is 0.444. The Labute approximate surface area is 135 Å². The zero-order valence-electron chi connectivity index (χ0n) is 13.4. The molecule has 1 fully saturated rings. The van der Waals surface area contributed by atoms with E-state index in [-0.39, 0.29) is 11.3 Å². The van der Waals surface area contributed by atoms with Gasteiger partial charge < -0.3 is 4.90 Å². The van der Waals surface area contributed by atoms with Crippen molar-refractivity contribution in [3.8, 4) is 0 Å². The van der Waals surface area contributed by atoms with Gasteiger partial charge in [-0.3, -0.25) is 14.8 Å².